The number of Topliss-reactive ketones (excluding diaryl/α,β-unsaturated/α-hetero) is 2. The van der Waals surface area contributed by atoms with Crippen LogP contribution in [0.25, 0.3) is 0 Å². The lowest BCUT2D eigenvalue weighted by Gasteiger charge is -2.26. The van der Waals surface area contributed by atoms with E-state index in [0.29, 0.717) is 18.9 Å². The van der Waals surface area contributed by atoms with Crippen LogP contribution in [0.5, 0.6) is 0 Å². The SMILES string of the molecule is COCCOCCC(=O)N(CC(=O)N[C@@H](CC(C)C)C(=O)C[C@@H](Cc1cnc[nH]1)C(=O)N[C@@H](CO)C(=O)C[C@H](C(N)=O)[C@@H](C)OP(=O)(O)O)Cc1ccccc1. The topological polar surface area (TPSA) is 290 Å². The van der Waals surface area contributed by atoms with Gasteiger partial charge in [-0.3, -0.25) is 33.3 Å². The second-order valence-corrected chi connectivity index (χ2v) is 14.9. The molecule has 1 aromatic heterocycles. The first-order valence-corrected chi connectivity index (χ1v) is 19.6. The van der Waals surface area contributed by atoms with Gasteiger partial charge in [0.15, 0.2) is 11.6 Å². The Labute approximate surface area is 325 Å². The molecule has 0 aliphatic heterocycles. The van der Waals surface area contributed by atoms with Gasteiger partial charge in [-0.25, -0.2) is 9.55 Å². The first-order chi connectivity index (χ1) is 26.4. The maximum absolute atomic E-state index is 13.9. The number of methoxy groups -OCH3 is 1. The second-order valence-electron chi connectivity index (χ2n) is 13.7. The Hall–Kier alpha value is -4.36. The molecule has 56 heavy (non-hydrogen) atoms. The van der Waals surface area contributed by atoms with Gasteiger partial charge in [-0.1, -0.05) is 44.2 Å². The molecule has 2 aromatic rings. The predicted octanol–water partition coefficient (Wildman–Crippen LogP) is 0.176. The van der Waals surface area contributed by atoms with Gasteiger partial charge in [0.05, 0.1) is 69.7 Å². The van der Waals surface area contributed by atoms with E-state index in [-0.39, 0.29) is 50.8 Å². The summed E-state index contributed by atoms with van der Waals surface area (Å²) < 4.78 is 26.2. The Balaban J connectivity index is 2.24. The van der Waals surface area contributed by atoms with Gasteiger partial charge in [0.25, 0.3) is 0 Å². The third kappa shape index (κ3) is 18.1. The van der Waals surface area contributed by atoms with Gasteiger partial charge in [0.2, 0.25) is 23.6 Å². The number of aromatic amines is 1. The number of phosphoric ester groups is 1. The maximum atomic E-state index is 13.9. The molecule has 1 aromatic carbocycles. The van der Waals surface area contributed by atoms with Crippen molar-refractivity contribution in [3.63, 3.8) is 0 Å². The number of nitrogens with zero attached hydrogens (tertiary/aromatic N) is 2. The highest BCUT2D eigenvalue weighted by Crippen LogP contribution is 2.39. The third-order valence-electron chi connectivity index (χ3n) is 8.61. The number of amides is 4. The highest BCUT2D eigenvalue weighted by molar-refractivity contribution is 7.46. The first-order valence-electron chi connectivity index (χ1n) is 18.1. The molecule has 5 atom stereocenters. The van der Waals surface area contributed by atoms with Gasteiger partial charge in [-0.2, -0.15) is 0 Å². The molecule has 1 heterocycles. The summed E-state index contributed by atoms with van der Waals surface area (Å²) in [5, 5.41) is 15.2. The molecule has 19 nitrogen and oxygen atoms in total. The largest absolute Gasteiger partial charge is 0.469 e. The van der Waals surface area contributed by atoms with Crippen LogP contribution in [0.3, 0.4) is 0 Å². The van der Waals surface area contributed by atoms with Crippen LogP contribution in [0.1, 0.15) is 57.7 Å². The molecular formula is C36H55N6O13P. The fraction of sp³-hybridized carbons (Fsp3) is 0.583. The Kier molecular flexibility index (Phi) is 20.7. The van der Waals surface area contributed by atoms with Crippen LogP contribution in [0.4, 0.5) is 0 Å². The van der Waals surface area contributed by atoms with Crippen molar-refractivity contribution in [1.82, 2.24) is 25.5 Å². The number of aromatic nitrogens is 2. The molecule has 0 aliphatic rings. The highest BCUT2D eigenvalue weighted by Gasteiger charge is 2.35. The summed E-state index contributed by atoms with van der Waals surface area (Å²) in [5.74, 6) is -7.02. The molecule has 0 bridgehead atoms. The average molecular weight is 811 g/mol. The zero-order valence-electron chi connectivity index (χ0n) is 32.1. The van der Waals surface area contributed by atoms with Crippen LogP contribution in [-0.2, 0) is 60.3 Å². The molecule has 2 rings (SSSR count). The zero-order valence-corrected chi connectivity index (χ0v) is 33.0. The van der Waals surface area contributed by atoms with E-state index < -0.39 is 86.6 Å². The van der Waals surface area contributed by atoms with E-state index in [1.54, 1.807) is 12.1 Å². The fourth-order valence-corrected chi connectivity index (χ4v) is 6.30. The van der Waals surface area contributed by atoms with Crippen molar-refractivity contribution in [1.29, 1.82) is 0 Å². The first kappa shape index (κ1) is 47.8. The molecular weight excluding hydrogens is 755 g/mol. The van der Waals surface area contributed by atoms with E-state index in [4.69, 9.17) is 25.0 Å². The number of nitrogens with two attached hydrogens (primary N) is 1. The van der Waals surface area contributed by atoms with Crippen molar-refractivity contribution in [3.8, 4) is 0 Å². The monoisotopic (exact) mass is 810 g/mol. The number of imidazole rings is 1. The summed E-state index contributed by atoms with van der Waals surface area (Å²) >= 11 is 0. The van der Waals surface area contributed by atoms with E-state index in [1.807, 2.05) is 32.0 Å². The number of ketones is 2. The number of carbonyl (C=O) groups excluding carboxylic acids is 6. The van der Waals surface area contributed by atoms with Crippen LogP contribution in [0.15, 0.2) is 42.9 Å². The van der Waals surface area contributed by atoms with E-state index >= 15 is 0 Å². The van der Waals surface area contributed by atoms with Crippen molar-refractivity contribution in [2.24, 2.45) is 23.5 Å². The number of rotatable bonds is 28. The quantitative estimate of drug-likeness (QED) is 0.0446. The van der Waals surface area contributed by atoms with E-state index in [9.17, 15) is 38.4 Å². The van der Waals surface area contributed by atoms with Gasteiger partial charge in [-0.15, -0.1) is 0 Å². The van der Waals surface area contributed by atoms with Crippen LogP contribution in [-0.4, -0.2) is 123 Å². The third-order valence-corrected chi connectivity index (χ3v) is 9.22. The lowest BCUT2D eigenvalue weighted by atomic mass is 9.89. The maximum Gasteiger partial charge on any atom is 0.469 e. The Morgan fingerprint density at radius 1 is 0.964 bits per heavy atom. The minimum atomic E-state index is -5.06. The molecule has 0 unspecified atom stereocenters. The molecule has 4 amide bonds. The fourth-order valence-electron chi connectivity index (χ4n) is 5.72. The molecule has 312 valence electrons. The number of ether oxygens (including phenoxy) is 2. The molecule has 0 spiro atoms. The van der Waals surface area contributed by atoms with Crippen LogP contribution in [0.2, 0.25) is 0 Å². The molecule has 0 saturated carbocycles. The number of H-pyrrole nitrogens is 1. The zero-order chi connectivity index (χ0) is 41.8. The summed E-state index contributed by atoms with van der Waals surface area (Å²) in [5.41, 5.74) is 6.60. The van der Waals surface area contributed by atoms with Gasteiger partial charge < -0.3 is 50.6 Å². The van der Waals surface area contributed by atoms with Crippen LogP contribution < -0.4 is 16.4 Å². The standard InChI is InChI=1S/C36H55N6O13P/c1-23(2)14-29(40-33(46)20-42(19-25-8-6-5-7-9-25)34(47)10-11-54-13-12-53-4)31(44)16-26(15-27-18-38-22-39-27)36(49)41-30(21-43)32(45)17-28(35(37)48)24(3)55-56(50,51)52/h5-9,18,22-24,26,28-30,43H,10-17,19-21H2,1-4H3,(H2,37,48)(H,38,39)(H,40,46)(H,41,49)(H2,50,51,52)/t24-,26-,28+,29+,30+/m1/s1. The highest BCUT2D eigenvalue weighted by atomic mass is 31.2. The normalized spacial score (nSPS) is 14.3. The van der Waals surface area contributed by atoms with Crippen molar-refractivity contribution in [2.75, 3.05) is 40.1 Å². The summed E-state index contributed by atoms with van der Waals surface area (Å²) in [7, 11) is -3.53. The van der Waals surface area contributed by atoms with Gasteiger partial charge >= 0.3 is 7.82 Å². The van der Waals surface area contributed by atoms with E-state index in [1.165, 1.54) is 24.5 Å². The number of aliphatic hydroxyl groups excluding tert-OH is 1. The number of primary amides is 1. The van der Waals surface area contributed by atoms with Crippen molar-refractivity contribution < 1.29 is 62.2 Å². The molecule has 0 fully saturated rings. The summed E-state index contributed by atoms with van der Waals surface area (Å²) in [6.07, 6.45) is 0.301. The number of carbonyl (C=O) groups is 6. The molecule has 0 radical (unpaired) electrons. The van der Waals surface area contributed by atoms with Gasteiger partial charge in [0.1, 0.15) is 6.04 Å². The summed E-state index contributed by atoms with van der Waals surface area (Å²) in [4.78, 5) is 106. The van der Waals surface area contributed by atoms with Gasteiger partial charge in [0, 0.05) is 44.8 Å². The Morgan fingerprint density at radius 3 is 2.21 bits per heavy atom. The van der Waals surface area contributed by atoms with Gasteiger partial charge in [-0.05, 0) is 24.8 Å². The predicted molar refractivity (Wildman–Crippen MR) is 200 cm³/mol. The number of nitrogens with one attached hydrogen (secondary N) is 3. The summed E-state index contributed by atoms with van der Waals surface area (Å²) in [6.45, 7) is 4.43. The molecule has 8 N–H and O–H groups in total. The smallest absolute Gasteiger partial charge is 0.394 e. The molecule has 0 saturated heterocycles. The molecule has 0 aliphatic carbocycles. The lowest BCUT2D eigenvalue weighted by Crippen LogP contribution is -2.50. The second kappa shape index (κ2) is 24.3. The summed E-state index contributed by atoms with van der Waals surface area (Å²) in [6, 6.07) is 6.42. The lowest BCUT2D eigenvalue weighted by molar-refractivity contribution is -0.138. The minimum Gasteiger partial charge on any atom is -0.394 e. The number of hydrogen-bond donors (Lipinski definition) is 7. The Bertz CT molecular complexity index is 1610. The Morgan fingerprint density at radius 2 is 1.64 bits per heavy atom. The van der Waals surface area contributed by atoms with Crippen molar-refractivity contribution in [2.45, 2.75) is 77.6 Å². The number of benzene rings is 1. The van der Waals surface area contributed by atoms with Crippen LogP contribution >= 0.6 is 7.82 Å². The number of phosphoric acid groups is 1. The average Bonchev–Trinajstić information content (AvgIpc) is 3.64. The van der Waals surface area contributed by atoms with Crippen LogP contribution in [0, 0.1) is 17.8 Å². The minimum absolute atomic E-state index is 0.00327. The van der Waals surface area contributed by atoms with E-state index in [2.05, 4.69) is 25.1 Å². The number of aliphatic hydroxyl groups is 1. The molecule has 20 heteroatoms. The van der Waals surface area contributed by atoms with E-state index in [0.717, 1.165) is 12.5 Å². The van der Waals surface area contributed by atoms with Crippen molar-refractivity contribution in [3.05, 3.63) is 54.1 Å². The van der Waals surface area contributed by atoms with Crippen molar-refractivity contribution >= 4 is 43.0 Å². The number of hydrogen-bond acceptors (Lipinski definition) is 12.